The number of hydrogen-bond donors (Lipinski definition) is 2. The van der Waals surface area contributed by atoms with Gasteiger partial charge < -0.3 is 16.0 Å². The van der Waals surface area contributed by atoms with E-state index in [0.29, 0.717) is 17.9 Å². The third kappa shape index (κ3) is 2.47. The molecule has 0 unspecified atom stereocenters. The normalized spacial score (nSPS) is 20.6. The lowest BCUT2D eigenvalue weighted by Crippen LogP contribution is -2.23. The van der Waals surface area contributed by atoms with Gasteiger partial charge in [-0.25, -0.2) is 0 Å². The SMILES string of the molecule is Nc1nc(NC2CCCC2)nc(N2CCCC2)n1. The Balaban J connectivity index is 1.76. The molecule has 0 bridgehead atoms. The van der Waals surface area contributed by atoms with Crippen LogP contribution in [0.3, 0.4) is 0 Å². The van der Waals surface area contributed by atoms with Crippen LogP contribution in [0.25, 0.3) is 0 Å². The first-order valence-electron chi connectivity index (χ1n) is 6.84. The molecular formula is C12H20N6. The van der Waals surface area contributed by atoms with E-state index in [1.54, 1.807) is 0 Å². The zero-order valence-electron chi connectivity index (χ0n) is 10.6. The molecule has 1 aromatic rings. The van der Waals surface area contributed by atoms with Crippen LogP contribution < -0.4 is 16.0 Å². The number of rotatable bonds is 3. The van der Waals surface area contributed by atoms with Crippen LogP contribution in [-0.2, 0) is 0 Å². The molecule has 1 aliphatic heterocycles. The first-order valence-corrected chi connectivity index (χ1v) is 6.84. The standard InChI is InChI=1S/C12H20N6/c13-10-15-11(14-9-5-1-2-6-9)17-12(16-10)18-7-3-4-8-18/h9H,1-8H2,(H3,13,14,15,16,17). The average Bonchev–Trinajstić information content (AvgIpc) is 3.00. The van der Waals surface area contributed by atoms with Crippen molar-refractivity contribution in [2.24, 2.45) is 0 Å². The highest BCUT2D eigenvalue weighted by Crippen LogP contribution is 2.22. The molecule has 1 aliphatic carbocycles. The Labute approximate surface area is 107 Å². The van der Waals surface area contributed by atoms with Crippen molar-refractivity contribution in [3.63, 3.8) is 0 Å². The summed E-state index contributed by atoms with van der Waals surface area (Å²) in [7, 11) is 0. The number of nitrogens with zero attached hydrogens (tertiary/aromatic N) is 4. The molecule has 6 heteroatoms. The van der Waals surface area contributed by atoms with E-state index in [9.17, 15) is 0 Å². The maximum atomic E-state index is 5.77. The highest BCUT2D eigenvalue weighted by atomic mass is 15.3. The van der Waals surface area contributed by atoms with E-state index in [-0.39, 0.29) is 0 Å². The lowest BCUT2D eigenvalue weighted by molar-refractivity contribution is 0.740. The minimum Gasteiger partial charge on any atom is -0.368 e. The van der Waals surface area contributed by atoms with Crippen molar-refractivity contribution in [1.29, 1.82) is 0 Å². The van der Waals surface area contributed by atoms with Gasteiger partial charge in [-0.1, -0.05) is 12.8 Å². The lowest BCUT2D eigenvalue weighted by atomic mass is 10.3. The van der Waals surface area contributed by atoms with Gasteiger partial charge in [0.1, 0.15) is 0 Å². The molecular weight excluding hydrogens is 228 g/mol. The molecule has 1 saturated heterocycles. The van der Waals surface area contributed by atoms with Gasteiger partial charge in [0.25, 0.3) is 0 Å². The Morgan fingerprint density at radius 3 is 2.44 bits per heavy atom. The predicted molar refractivity (Wildman–Crippen MR) is 71.6 cm³/mol. The molecule has 0 atom stereocenters. The van der Waals surface area contributed by atoms with Gasteiger partial charge in [-0.15, -0.1) is 0 Å². The number of aromatic nitrogens is 3. The fourth-order valence-electron chi connectivity index (χ4n) is 2.76. The van der Waals surface area contributed by atoms with Gasteiger partial charge in [0.15, 0.2) is 0 Å². The molecule has 1 aromatic heterocycles. The van der Waals surface area contributed by atoms with E-state index in [4.69, 9.17) is 5.73 Å². The highest BCUT2D eigenvalue weighted by molar-refractivity contribution is 5.42. The molecule has 0 aromatic carbocycles. The molecule has 1 saturated carbocycles. The number of anilines is 3. The molecule has 2 fully saturated rings. The fraction of sp³-hybridized carbons (Fsp3) is 0.750. The summed E-state index contributed by atoms with van der Waals surface area (Å²) in [6, 6.07) is 0.498. The summed E-state index contributed by atoms with van der Waals surface area (Å²) >= 11 is 0. The van der Waals surface area contributed by atoms with Gasteiger partial charge in [0.2, 0.25) is 17.8 Å². The summed E-state index contributed by atoms with van der Waals surface area (Å²) in [4.78, 5) is 15.1. The van der Waals surface area contributed by atoms with E-state index in [1.165, 1.54) is 38.5 Å². The Morgan fingerprint density at radius 2 is 1.72 bits per heavy atom. The molecule has 6 nitrogen and oxygen atoms in total. The average molecular weight is 248 g/mol. The van der Waals surface area contributed by atoms with Crippen LogP contribution in [0.15, 0.2) is 0 Å². The maximum Gasteiger partial charge on any atom is 0.231 e. The van der Waals surface area contributed by atoms with Crippen molar-refractivity contribution in [2.75, 3.05) is 29.0 Å². The zero-order chi connectivity index (χ0) is 12.4. The van der Waals surface area contributed by atoms with Crippen molar-refractivity contribution in [3.05, 3.63) is 0 Å². The van der Waals surface area contributed by atoms with E-state index in [0.717, 1.165) is 19.0 Å². The van der Waals surface area contributed by atoms with E-state index in [1.807, 2.05) is 0 Å². The molecule has 3 rings (SSSR count). The van der Waals surface area contributed by atoms with E-state index >= 15 is 0 Å². The number of hydrogen-bond acceptors (Lipinski definition) is 6. The first kappa shape index (κ1) is 11.5. The van der Waals surface area contributed by atoms with Gasteiger partial charge >= 0.3 is 0 Å². The van der Waals surface area contributed by atoms with Crippen LogP contribution in [0.2, 0.25) is 0 Å². The molecule has 18 heavy (non-hydrogen) atoms. The van der Waals surface area contributed by atoms with Gasteiger partial charge in [-0.2, -0.15) is 15.0 Å². The predicted octanol–water partition coefficient (Wildman–Crippen LogP) is 1.41. The van der Waals surface area contributed by atoms with Crippen molar-refractivity contribution in [3.8, 4) is 0 Å². The van der Waals surface area contributed by atoms with Gasteiger partial charge in [0, 0.05) is 19.1 Å². The van der Waals surface area contributed by atoms with Crippen LogP contribution >= 0.6 is 0 Å². The summed E-state index contributed by atoms with van der Waals surface area (Å²) in [5.74, 6) is 1.67. The van der Waals surface area contributed by atoms with Crippen LogP contribution in [0.4, 0.5) is 17.8 Å². The van der Waals surface area contributed by atoms with Crippen LogP contribution in [0.5, 0.6) is 0 Å². The third-order valence-corrected chi connectivity index (χ3v) is 3.72. The summed E-state index contributed by atoms with van der Waals surface area (Å²) < 4.78 is 0. The van der Waals surface area contributed by atoms with Gasteiger partial charge in [-0.05, 0) is 25.7 Å². The topological polar surface area (TPSA) is 80.0 Å². The molecule has 98 valence electrons. The smallest absolute Gasteiger partial charge is 0.231 e. The zero-order valence-corrected chi connectivity index (χ0v) is 10.6. The Bertz CT molecular complexity index is 409. The van der Waals surface area contributed by atoms with E-state index in [2.05, 4.69) is 25.2 Å². The van der Waals surface area contributed by atoms with Crippen LogP contribution in [-0.4, -0.2) is 34.1 Å². The number of nitrogen functional groups attached to an aromatic ring is 1. The largest absolute Gasteiger partial charge is 0.368 e. The van der Waals surface area contributed by atoms with Crippen molar-refractivity contribution in [1.82, 2.24) is 15.0 Å². The molecule has 0 amide bonds. The molecule has 3 N–H and O–H groups in total. The Morgan fingerprint density at radius 1 is 1.00 bits per heavy atom. The van der Waals surface area contributed by atoms with Crippen molar-refractivity contribution in [2.45, 2.75) is 44.6 Å². The fourth-order valence-corrected chi connectivity index (χ4v) is 2.76. The van der Waals surface area contributed by atoms with Crippen LogP contribution in [0.1, 0.15) is 38.5 Å². The molecule has 2 heterocycles. The van der Waals surface area contributed by atoms with Gasteiger partial charge in [-0.3, -0.25) is 0 Å². The monoisotopic (exact) mass is 248 g/mol. The Kier molecular flexibility index (Phi) is 3.17. The summed E-state index contributed by atoms with van der Waals surface area (Å²) in [5.41, 5.74) is 5.77. The first-order chi connectivity index (χ1) is 8.81. The van der Waals surface area contributed by atoms with E-state index < -0.39 is 0 Å². The van der Waals surface area contributed by atoms with Crippen LogP contribution in [0, 0.1) is 0 Å². The van der Waals surface area contributed by atoms with Crippen molar-refractivity contribution >= 4 is 17.8 Å². The maximum absolute atomic E-state index is 5.77. The number of nitrogens with two attached hydrogens (primary N) is 1. The minimum atomic E-state index is 0.312. The quantitative estimate of drug-likeness (QED) is 0.842. The summed E-state index contributed by atoms with van der Waals surface area (Å²) in [5, 5.41) is 3.38. The Hall–Kier alpha value is -1.59. The minimum absolute atomic E-state index is 0.312. The summed E-state index contributed by atoms with van der Waals surface area (Å²) in [6.07, 6.45) is 7.39. The molecule has 0 radical (unpaired) electrons. The third-order valence-electron chi connectivity index (χ3n) is 3.72. The molecule has 2 aliphatic rings. The number of nitrogens with one attached hydrogen (secondary N) is 1. The highest BCUT2D eigenvalue weighted by Gasteiger charge is 2.19. The second-order valence-corrected chi connectivity index (χ2v) is 5.14. The van der Waals surface area contributed by atoms with Gasteiger partial charge in [0.05, 0.1) is 0 Å². The lowest BCUT2D eigenvalue weighted by Gasteiger charge is -2.17. The second kappa shape index (κ2) is 4.96. The summed E-state index contributed by atoms with van der Waals surface area (Å²) in [6.45, 7) is 2.04. The molecule has 0 spiro atoms. The second-order valence-electron chi connectivity index (χ2n) is 5.14. The van der Waals surface area contributed by atoms with Crippen molar-refractivity contribution < 1.29 is 0 Å².